The van der Waals surface area contributed by atoms with Crippen LogP contribution in [0.1, 0.15) is 46.7 Å². The minimum absolute atomic E-state index is 0.672. The van der Waals surface area contributed by atoms with Gasteiger partial charge in [-0.05, 0) is 137 Å². The lowest BCUT2D eigenvalue weighted by Gasteiger charge is -2.12. The Kier molecular flexibility index (Phi) is 9.91. The third-order valence-corrected chi connectivity index (χ3v) is 8.82. The van der Waals surface area contributed by atoms with E-state index in [4.69, 9.17) is 9.47 Å². The van der Waals surface area contributed by atoms with E-state index < -0.39 is 0 Å². The van der Waals surface area contributed by atoms with Gasteiger partial charge in [0.1, 0.15) is 11.5 Å². The van der Waals surface area contributed by atoms with Gasteiger partial charge >= 0.3 is 0 Å². The lowest BCUT2D eigenvalue weighted by atomic mass is 10.0. The molecule has 4 aromatic heterocycles. The highest BCUT2D eigenvalue weighted by atomic mass is 16.5. The summed E-state index contributed by atoms with van der Waals surface area (Å²) in [5.41, 5.74) is 8.35. The molecule has 8 bridgehead atoms. The second-order valence-electron chi connectivity index (χ2n) is 13.4. The average Bonchev–Trinajstić information content (AvgIpc) is 3.93. The summed E-state index contributed by atoms with van der Waals surface area (Å²) in [4.78, 5) is 19.1. The number of hydrogen-bond donors (Lipinski definition) is 4. The van der Waals surface area contributed by atoms with Gasteiger partial charge in [-0.3, -0.25) is 0 Å². The molecule has 2 aromatic carbocycles. The van der Waals surface area contributed by atoms with Gasteiger partial charge in [0.15, 0.2) is 0 Å². The molecule has 0 amide bonds. The lowest BCUT2D eigenvalue weighted by molar-refractivity contribution is 0.281. The molecule has 0 fully saturated rings. The van der Waals surface area contributed by atoms with Crippen molar-refractivity contribution in [1.29, 1.82) is 0 Å². The fraction of sp³-hybridized carbons (Fsp3) is 0.238. The summed E-state index contributed by atoms with van der Waals surface area (Å²) in [5.74, 6) is 1.73. The number of aromatic nitrogens is 4. The Hall–Kier alpha value is -5.44. The van der Waals surface area contributed by atoms with Gasteiger partial charge in [-0.1, -0.05) is 24.3 Å². The number of nitrogens with one attached hydrogen (secondary N) is 4. The molecule has 1 aliphatic rings. The molecule has 0 aliphatic carbocycles. The molecule has 0 saturated heterocycles. The Morgan fingerprint density at radius 3 is 1.40 bits per heavy atom. The summed E-state index contributed by atoms with van der Waals surface area (Å²) in [5, 5.41) is 4.05. The third kappa shape index (κ3) is 7.88. The van der Waals surface area contributed by atoms with Crippen molar-refractivity contribution in [3.05, 3.63) is 152 Å². The molecule has 0 saturated carbocycles. The first-order chi connectivity index (χ1) is 24.4. The molecular formula is C42H46N6O2. The molecule has 0 spiro atoms. The highest BCUT2D eigenvalue weighted by molar-refractivity contribution is 5.80. The second kappa shape index (κ2) is 15.0. The van der Waals surface area contributed by atoms with Crippen molar-refractivity contribution in [2.24, 2.45) is 0 Å². The van der Waals surface area contributed by atoms with E-state index in [-0.39, 0.29) is 0 Å². The number of nitrogens with zero attached hydrogens (tertiary/aromatic N) is 2. The zero-order valence-electron chi connectivity index (χ0n) is 29.3. The van der Waals surface area contributed by atoms with Crippen molar-refractivity contribution in [2.75, 3.05) is 54.5 Å². The Balaban J connectivity index is 1.30. The smallest absolute Gasteiger partial charge is 0.119 e. The summed E-state index contributed by atoms with van der Waals surface area (Å²) in [6.07, 6.45) is 6.24. The molecule has 256 valence electrons. The monoisotopic (exact) mass is 666 g/mol. The standard InChI is InChI=1S/C42H46N6O2/c1-47(2)21-7-23-49-35-11-5-9-29(25-35)41-37-17-13-31(43-37)27-33-15-19-39(45-33)42(30-10-6-12-36(26-30)50-24-8-22-48(3)4)40-20-16-34(46-40)28-32-14-18-38(41)44-32/h5-6,9-20,25-28,43-46H,7-8,21-24H2,1-4H3. The van der Waals surface area contributed by atoms with Gasteiger partial charge in [0.2, 0.25) is 0 Å². The summed E-state index contributed by atoms with van der Waals surface area (Å²) in [6.45, 7) is 3.33. The first kappa shape index (κ1) is 33.1. The molecule has 0 atom stereocenters. The van der Waals surface area contributed by atoms with E-state index in [0.29, 0.717) is 13.2 Å². The minimum atomic E-state index is 0.672. The Morgan fingerprint density at radius 2 is 0.960 bits per heavy atom. The molecule has 1 aliphatic heterocycles. The first-order valence-corrected chi connectivity index (χ1v) is 17.3. The Bertz CT molecular complexity index is 2150. The number of fused-ring (bicyclic) bond motifs is 8. The number of H-pyrrole nitrogens is 4. The normalized spacial score (nSPS) is 12.7. The van der Waals surface area contributed by atoms with Crippen LogP contribution in [0.15, 0.2) is 97.1 Å². The molecule has 4 N–H and O–H groups in total. The molecular weight excluding hydrogens is 621 g/mol. The van der Waals surface area contributed by atoms with E-state index >= 15 is 0 Å². The molecule has 0 radical (unpaired) electrons. The van der Waals surface area contributed by atoms with Crippen LogP contribution in [0.4, 0.5) is 0 Å². The number of ether oxygens (including phenoxy) is 2. The van der Waals surface area contributed by atoms with Crippen LogP contribution >= 0.6 is 0 Å². The molecule has 7 rings (SSSR count). The average molecular weight is 667 g/mol. The number of aromatic amines is 4. The van der Waals surface area contributed by atoms with E-state index in [0.717, 1.165) is 104 Å². The maximum atomic E-state index is 6.17. The van der Waals surface area contributed by atoms with Crippen molar-refractivity contribution >= 4 is 23.3 Å². The molecule has 50 heavy (non-hydrogen) atoms. The van der Waals surface area contributed by atoms with Gasteiger partial charge in [0.25, 0.3) is 0 Å². The Morgan fingerprint density at radius 1 is 0.500 bits per heavy atom. The maximum absolute atomic E-state index is 6.17. The highest BCUT2D eigenvalue weighted by Gasteiger charge is 2.14. The van der Waals surface area contributed by atoms with E-state index in [1.165, 1.54) is 0 Å². The number of benzene rings is 2. The zero-order chi connectivity index (χ0) is 34.5. The predicted octanol–water partition coefficient (Wildman–Crippen LogP) is 4.13. The largest absolute Gasteiger partial charge is 0.494 e. The van der Waals surface area contributed by atoms with E-state index in [1.807, 2.05) is 12.1 Å². The minimum Gasteiger partial charge on any atom is -0.494 e. The van der Waals surface area contributed by atoms with Crippen molar-refractivity contribution < 1.29 is 9.47 Å². The zero-order valence-corrected chi connectivity index (χ0v) is 29.3. The van der Waals surface area contributed by atoms with Crippen LogP contribution in [0.5, 0.6) is 11.5 Å². The van der Waals surface area contributed by atoms with Crippen LogP contribution in [-0.2, 0) is 0 Å². The van der Waals surface area contributed by atoms with Gasteiger partial charge in [-0.15, -0.1) is 0 Å². The molecule has 6 aromatic rings. The van der Waals surface area contributed by atoms with E-state index in [9.17, 15) is 0 Å². The Labute approximate surface area is 293 Å². The van der Waals surface area contributed by atoms with Crippen LogP contribution < -0.4 is 30.9 Å². The molecule has 8 heteroatoms. The van der Waals surface area contributed by atoms with Crippen LogP contribution in [0.25, 0.3) is 23.3 Å². The molecule has 8 nitrogen and oxygen atoms in total. The van der Waals surface area contributed by atoms with Gasteiger partial charge in [-0.2, -0.15) is 0 Å². The molecule has 5 heterocycles. The SMILES string of the molecule is CN(C)CCCOc1cccc(C2=c3ccc([nH]3)=Cc3ccc([nH]3)C(c3cccc(OCCCN(C)C)c3)=c3ccc([nH]3)=Cc3ccc2[nH]3)c1. The predicted molar refractivity (Wildman–Crippen MR) is 202 cm³/mol. The van der Waals surface area contributed by atoms with Crippen molar-refractivity contribution in [2.45, 2.75) is 12.8 Å². The van der Waals surface area contributed by atoms with Crippen LogP contribution in [0.3, 0.4) is 0 Å². The van der Waals surface area contributed by atoms with Crippen LogP contribution in [0.2, 0.25) is 0 Å². The third-order valence-electron chi connectivity index (χ3n) is 8.82. The highest BCUT2D eigenvalue weighted by Crippen LogP contribution is 2.26. The summed E-state index contributed by atoms with van der Waals surface area (Å²) in [6, 6.07) is 33.9. The van der Waals surface area contributed by atoms with Crippen molar-refractivity contribution in [1.82, 2.24) is 29.7 Å². The first-order valence-electron chi connectivity index (χ1n) is 17.3. The van der Waals surface area contributed by atoms with Gasteiger partial charge in [0.05, 0.1) is 13.2 Å². The van der Waals surface area contributed by atoms with E-state index in [2.05, 4.69) is 155 Å². The summed E-state index contributed by atoms with van der Waals surface area (Å²) >= 11 is 0. The van der Waals surface area contributed by atoms with Crippen molar-refractivity contribution in [3.8, 4) is 11.5 Å². The maximum Gasteiger partial charge on any atom is 0.119 e. The van der Waals surface area contributed by atoms with Crippen LogP contribution in [0, 0.1) is 0 Å². The van der Waals surface area contributed by atoms with Crippen molar-refractivity contribution in [3.63, 3.8) is 0 Å². The lowest BCUT2D eigenvalue weighted by Crippen LogP contribution is -2.16. The topological polar surface area (TPSA) is 88.1 Å². The van der Waals surface area contributed by atoms with E-state index in [1.54, 1.807) is 0 Å². The fourth-order valence-electron chi connectivity index (χ4n) is 6.44. The number of hydrogen-bond acceptors (Lipinski definition) is 4. The number of rotatable bonds is 12. The van der Waals surface area contributed by atoms with Gasteiger partial charge < -0.3 is 39.2 Å². The summed E-state index contributed by atoms with van der Waals surface area (Å²) < 4.78 is 12.3. The quantitative estimate of drug-likeness (QED) is 0.148. The second-order valence-corrected chi connectivity index (χ2v) is 13.4. The van der Waals surface area contributed by atoms with Gasteiger partial charge in [0, 0.05) is 68.4 Å². The fourth-order valence-corrected chi connectivity index (χ4v) is 6.44. The van der Waals surface area contributed by atoms with Gasteiger partial charge in [-0.25, -0.2) is 0 Å². The summed E-state index contributed by atoms with van der Waals surface area (Å²) in [7, 11) is 8.34. The van der Waals surface area contributed by atoms with Crippen LogP contribution in [-0.4, -0.2) is 84.2 Å². The molecule has 0 unspecified atom stereocenters.